The van der Waals surface area contributed by atoms with Crippen molar-refractivity contribution in [2.24, 2.45) is 0 Å². The second kappa shape index (κ2) is 7.70. The van der Waals surface area contributed by atoms with Crippen molar-refractivity contribution in [1.29, 1.82) is 0 Å². The van der Waals surface area contributed by atoms with Crippen molar-refractivity contribution in [3.05, 3.63) is 77.7 Å². The molecule has 1 N–H and O–H groups in total. The molecular weight excluding hydrogens is 392 g/mol. The van der Waals surface area contributed by atoms with Gasteiger partial charge in [-0.25, -0.2) is 0 Å². The van der Waals surface area contributed by atoms with Gasteiger partial charge in [-0.1, -0.05) is 41.6 Å². The number of carboxylic acid groups (broad SMARTS) is 1. The van der Waals surface area contributed by atoms with Crippen LogP contribution in [-0.4, -0.2) is 20.6 Å². The van der Waals surface area contributed by atoms with Gasteiger partial charge in [0.2, 0.25) is 0 Å². The number of pyridine rings is 1. The van der Waals surface area contributed by atoms with Crippen LogP contribution in [0.2, 0.25) is 5.02 Å². The van der Waals surface area contributed by atoms with Gasteiger partial charge in [-0.15, -0.1) is 0 Å². The number of aromatic nitrogens is 2. The molecule has 6 heteroatoms. The number of rotatable bonds is 5. The second-order valence-electron chi connectivity index (χ2n) is 6.39. The Morgan fingerprint density at radius 3 is 2.61 bits per heavy atom. The molecule has 2 aromatic carbocycles. The number of halogens is 1. The Hall–Kier alpha value is -2.76. The summed E-state index contributed by atoms with van der Waals surface area (Å²) >= 11 is 7.64. The first-order valence-corrected chi connectivity index (χ1v) is 9.91. The van der Waals surface area contributed by atoms with Crippen LogP contribution in [0.5, 0.6) is 0 Å². The third-order valence-corrected chi connectivity index (χ3v) is 6.06. The normalized spacial score (nSPS) is 11.1. The number of benzene rings is 2. The van der Waals surface area contributed by atoms with Crippen LogP contribution in [0.15, 0.2) is 76.8 Å². The van der Waals surface area contributed by atoms with Crippen LogP contribution < -0.4 is 0 Å². The summed E-state index contributed by atoms with van der Waals surface area (Å²) in [6.07, 6.45) is 3.57. The van der Waals surface area contributed by atoms with Crippen LogP contribution in [0, 0.1) is 6.92 Å². The molecule has 28 heavy (non-hydrogen) atoms. The third kappa shape index (κ3) is 3.51. The molecule has 0 amide bonds. The van der Waals surface area contributed by atoms with E-state index in [0.29, 0.717) is 5.02 Å². The molecule has 4 nitrogen and oxygen atoms in total. The maximum atomic E-state index is 11.5. The van der Waals surface area contributed by atoms with Crippen LogP contribution in [0.25, 0.3) is 22.0 Å². The smallest absolute Gasteiger partial charge is 0.323 e. The molecule has 0 saturated carbocycles. The number of hydrogen-bond acceptors (Lipinski definition) is 3. The van der Waals surface area contributed by atoms with E-state index in [4.69, 9.17) is 11.6 Å². The average molecular weight is 409 g/mol. The maximum Gasteiger partial charge on any atom is 0.323 e. The molecule has 0 bridgehead atoms. The highest BCUT2D eigenvalue weighted by molar-refractivity contribution is 7.99. The molecule has 0 radical (unpaired) electrons. The summed E-state index contributed by atoms with van der Waals surface area (Å²) < 4.78 is 1.86. The largest absolute Gasteiger partial charge is 0.480 e. The highest BCUT2D eigenvalue weighted by atomic mass is 35.5. The van der Waals surface area contributed by atoms with E-state index >= 15 is 0 Å². The van der Waals surface area contributed by atoms with Crippen molar-refractivity contribution in [2.75, 3.05) is 0 Å². The predicted molar refractivity (Wildman–Crippen MR) is 113 cm³/mol. The Kier molecular flexibility index (Phi) is 5.11. The first-order chi connectivity index (χ1) is 13.5. The number of aliphatic carboxylic acids is 1. The number of fused-ring (bicyclic) bond motifs is 1. The Labute approximate surface area is 171 Å². The van der Waals surface area contributed by atoms with E-state index in [1.54, 1.807) is 18.0 Å². The van der Waals surface area contributed by atoms with Crippen molar-refractivity contribution in [2.45, 2.75) is 23.3 Å². The lowest BCUT2D eigenvalue weighted by molar-refractivity contribution is -0.137. The van der Waals surface area contributed by atoms with Gasteiger partial charge in [-0.2, -0.15) is 0 Å². The topological polar surface area (TPSA) is 55.1 Å². The third-order valence-electron chi connectivity index (χ3n) is 4.59. The summed E-state index contributed by atoms with van der Waals surface area (Å²) in [7, 11) is 0. The van der Waals surface area contributed by atoms with Gasteiger partial charge in [0.05, 0.1) is 5.52 Å². The van der Waals surface area contributed by atoms with Crippen molar-refractivity contribution >= 4 is 40.2 Å². The average Bonchev–Trinajstić information content (AvgIpc) is 2.96. The lowest BCUT2D eigenvalue weighted by atomic mass is 10.0. The number of carboxylic acids is 1. The fraction of sp³-hybridized carbons (Fsp3) is 0.0909. The minimum absolute atomic E-state index is 0.0833. The quantitative estimate of drug-likeness (QED) is 0.446. The summed E-state index contributed by atoms with van der Waals surface area (Å²) in [5, 5.41) is 11.1. The van der Waals surface area contributed by atoms with E-state index in [0.717, 1.165) is 37.5 Å². The van der Waals surface area contributed by atoms with Gasteiger partial charge in [-0.3, -0.25) is 9.78 Å². The monoisotopic (exact) mass is 408 g/mol. The Morgan fingerprint density at radius 1 is 1.14 bits per heavy atom. The van der Waals surface area contributed by atoms with E-state index in [9.17, 15) is 9.90 Å². The van der Waals surface area contributed by atoms with Crippen LogP contribution >= 0.6 is 23.4 Å². The Morgan fingerprint density at radius 2 is 1.93 bits per heavy atom. The maximum absolute atomic E-state index is 11.5. The summed E-state index contributed by atoms with van der Waals surface area (Å²) in [6.45, 7) is 1.88. The standard InChI is InChI=1S/C22H17ClN2O2S/c1-14-22(28-17-9-7-16(23)8-10-17)21-18(15-4-3-11-24-12-15)5-2-6-19(21)25(14)13-20(26)27/h2-12H,13H2,1H3,(H,26,27). The zero-order valence-electron chi connectivity index (χ0n) is 15.1. The summed E-state index contributed by atoms with van der Waals surface area (Å²) in [5.74, 6) is -0.866. The molecule has 0 saturated heterocycles. The van der Waals surface area contributed by atoms with Crippen molar-refractivity contribution in [3.63, 3.8) is 0 Å². The molecule has 0 aliphatic carbocycles. The summed E-state index contributed by atoms with van der Waals surface area (Å²) in [5.41, 5.74) is 3.86. The first kappa shape index (κ1) is 18.6. The molecule has 0 aliphatic heterocycles. The van der Waals surface area contributed by atoms with Crippen molar-refractivity contribution in [3.8, 4) is 11.1 Å². The van der Waals surface area contributed by atoms with E-state index in [-0.39, 0.29) is 6.54 Å². The molecule has 0 aliphatic rings. The van der Waals surface area contributed by atoms with Crippen LogP contribution in [0.1, 0.15) is 5.69 Å². The Bertz CT molecular complexity index is 1150. The number of carbonyl (C=O) groups is 1. The van der Waals surface area contributed by atoms with Crippen molar-refractivity contribution in [1.82, 2.24) is 9.55 Å². The highest BCUT2D eigenvalue weighted by Crippen LogP contribution is 2.42. The van der Waals surface area contributed by atoms with E-state index in [2.05, 4.69) is 11.1 Å². The molecule has 2 heterocycles. The highest BCUT2D eigenvalue weighted by Gasteiger charge is 2.20. The van der Waals surface area contributed by atoms with Gasteiger partial charge in [0, 0.05) is 43.9 Å². The predicted octanol–water partition coefficient (Wildman–Crippen LogP) is 5.90. The SMILES string of the molecule is Cc1c(Sc2ccc(Cl)cc2)c2c(-c3cccnc3)cccc2n1CC(=O)O. The number of hydrogen-bond donors (Lipinski definition) is 1. The van der Waals surface area contributed by atoms with E-state index < -0.39 is 5.97 Å². The van der Waals surface area contributed by atoms with Gasteiger partial charge in [0.15, 0.2) is 0 Å². The summed E-state index contributed by atoms with van der Waals surface area (Å²) in [6, 6.07) is 17.6. The Balaban J connectivity index is 1.97. The summed E-state index contributed by atoms with van der Waals surface area (Å²) in [4.78, 5) is 17.8. The zero-order valence-corrected chi connectivity index (χ0v) is 16.7. The minimum Gasteiger partial charge on any atom is -0.480 e. The van der Waals surface area contributed by atoms with Gasteiger partial charge in [-0.05, 0) is 48.9 Å². The van der Waals surface area contributed by atoms with Crippen molar-refractivity contribution < 1.29 is 9.90 Å². The number of nitrogens with zero attached hydrogens (tertiary/aromatic N) is 2. The zero-order chi connectivity index (χ0) is 19.7. The van der Waals surface area contributed by atoms with E-state index in [1.165, 1.54) is 0 Å². The molecule has 0 atom stereocenters. The van der Waals surface area contributed by atoms with Gasteiger partial charge >= 0.3 is 5.97 Å². The van der Waals surface area contributed by atoms with Gasteiger partial charge in [0.25, 0.3) is 0 Å². The minimum atomic E-state index is -0.866. The lowest BCUT2D eigenvalue weighted by Crippen LogP contribution is -2.09. The van der Waals surface area contributed by atoms with Gasteiger partial charge in [0.1, 0.15) is 6.54 Å². The van der Waals surface area contributed by atoms with Crippen LogP contribution in [0.3, 0.4) is 0 Å². The fourth-order valence-corrected chi connectivity index (χ4v) is 4.54. The molecule has 2 aromatic heterocycles. The lowest BCUT2D eigenvalue weighted by Gasteiger charge is -2.07. The molecule has 0 spiro atoms. The van der Waals surface area contributed by atoms with Crippen LogP contribution in [0.4, 0.5) is 0 Å². The molecule has 0 unspecified atom stereocenters. The van der Waals surface area contributed by atoms with E-state index in [1.807, 2.05) is 66.2 Å². The molecule has 4 aromatic rings. The second-order valence-corrected chi connectivity index (χ2v) is 7.91. The van der Waals surface area contributed by atoms with Gasteiger partial charge < -0.3 is 9.67 Å². The molecule has 140 valence electrons. The van der Waals surface area contributed by atoms with Crippen LogP contribution in [-0.2, 0) is 11.3 Å². The first-order valence-electron chi connectivity index (χ1n) is 8.72. The molecular formula is C22H17ClN2O2S. The molecule has 0 fully saturated rings. The molecule has 4 rings (SSSR count). The fourth-order valence-electron chi connectivity index (χ4n) is 3.33.